The molecule has 3 rings (SSSR count). The van der Waals surface area contributed by atoms with Crippen LogP contribution < -0.4 is 5.73 Å². The number of nitrogens with zero attached hydrogens (tertiary/aromatic N) is 2. The molecule has 0 amide bonds. The Labute approximate surface area is 270 Å². The number of rotatable bonds is 3. The van der Waals surface area contributed by atoms with Gasteiger partial charge in [0.15, 0.2) is 0 Å². The monoisotopic (exact) mass is 629 g/mol. The van der Waals surface area contributed by atoms with Gasteiger partial charge in [-0.15, -0.1) is 0 Å². The Morgan fingerprint density at radius 2 is 0.810 bits per heavy atom. The van der Waals surface area contributed by atoms with Gasteiger partial charge in [-0.05, 0) is 118 Å². The SMILES string of the molecule is CC(=Nc1c(C)cc(C)cc1Cl)C(C)=Nc1c(C)cc(C)cc1Cl.CC(C)(C)C(C)(C)C.Cc1cc(C)c(N)c(Cl)c1. The van der Waals surface area contributed by atoms with Crippen molar-refractivity contribution in [2.24, 2.45) is 20.8 Å². The lowest BCUT2D eigenvalue weighted by atomic mass is 9.71. The highest BCUT2D eigenvalue weighted by atomic mass is 35.5. The predicted molar refractivity (Wildman–Crippen MR) is 192 cm³/mol. The Kier molecular flexibility index (Phi) is 13.8. The molecule has 0 spiro atoms. The van der Waals surface area contributed by atoms with Gasteiger partial charge in [-0.2, -0.15) is 0 Å². The fourth-order valence-electron chi connectivity index (χ4n) is 3.52. The summed E-state index contributed by atoms with van der Waals surface area (Å²) in [5, 5.41) is 1.96. The van der Waals surface area contributed by atoms with Crippen molar-refractivity contribution < 1.29 is 0 Å². The molecule has 0 saturated carbocycles. The second kappa shape index (κ2) is 15.4. The summed E-state index contributed by atoms with van der Waals surface area (Å²) in [5.74, 6) is 0. The minimum absolute atomic E-state index is 0.437. The molecular weight excluding hydrogens is 581 g/mol. The number of aryl methyl sites for hydroxylation is 6. The molecule has 230 valence electrons. The number of nitrogens with two attached hydrogens (primary N) is 1. The van der Waals surface area contributed by atoms with Gasteiger partial charge >= 0.3 is 0 Å². The van der Waals surface area contributed by atoms with Crippen molar-refractivity contribution in [3.8, 4) is 0 Å². The van der Waals surface area contributed by atoms with Crippen LogP contribution in [-0.2, 0) is 0 Å². The van der Waals surface area contributed by atoms with Crippen LogP contribution >= 0.6 is 34.8 Å². The maximum absolute atomic E-state index is 6.34. The Morgan fingerprint density at radius 3 is 1.07 bits per heavy atom. The van der Waals surface area contributed by atoms with E-state index in [4.69, 9.17) is 40.5 Å². The molecule has 3 aromatic rings. The topological polar surface area (TPSA) is 50.7 Å². The third-order valence-electron chi connectivity index (χ3n) is 7.61. The van der Waals surface area contributed by atoms with E-state index in [0.29, 0.717) is 31.6 Å². The summed E-state index contributed by atoms with van der Waals surface area (Å²) in [5.41, 5.74) is 17.0. The van der Waals surface area contributed by atoms with Crippen molar-refractivity contribution in [2.45, 2.75) is 96.9 Å². The van der Waals surface area contributed by atoms with Crippen LogP contribution in [0.15, 0.2) is 46.4 Å². The van der Waals surface area contributed by atoms with E-state index in [-0.39, 0.29) is 0 Å². The minimum atomic E-state index is 0.437. The van der Waals surface area contributed by atoms with Gasteiger partial charge in [0.25, 0.3) is 0 Å². The standard InChI is InChI=1S/C20H22Cl2N2.C8H10ClN.C8H18/c1-11-7-13(3)19(17(21)9-11)23-15(5)16(6)24-20-14(4)8-12(2)10-18(20)22;1-5-3-6(2)8(10)7(9)4-5;1-7(2,3)8(4,5)6/h7-10H,1-6H3;3-4H,10H2,1-2H3;1-6H3. The molecule has 2 N–H and O–H groups in total. The number of hydrogen-bond acceptors (Lipinski definition) is 3. The van der Waals surface area contributed by atoms with Crippen molar-refractivity contribution in [1.82, 2.24) is 0 Å². The number of nitrogen functional groups attached to an aromatic ring is 1. The van der Waals surface area contributed by atoms with Crippen molar-refractivity contribution in [1.29, 1.82) is 0 Å². The van der Waals surface area contributed by atoms with Crippen molar-refractivity contribution in [3.63, 3.8) is 0 Å². The fourth-order valence-corrected chi connectivity index (χ4v) is 4.57. The van der Waals surface area contributed by atoms with E-state index in [1.54, 1.807) is 0 Å². The quantitative estimate of drug-likeness (QED) is 0.227. The van der Waals surface area contributed by atoms with E-state index in [1.165, 1.54) is 0 Å². The number of aliphatic imine (C=N–C) groups is 2. The average Bonchev–Trinajstić information content (AvgIpc) is 2.81. The molecule has 0 atom stereocenters. The molecule has 0 saturated heterocycles. The summed E-state index contributed by atoms with van der Waals surface area (Å²) >= 11 is 18.5. The van der Waals surface area contributed by atoms with E-state index in [2.05, 4.69) is 63.7 Å². The van der Waals surface area contributed by atoms with Gasteiger partial charge in [-0.1, -0.05) is 94.5 Å². The first-order valence-corrected chi connectivity index (χ1v) is 15.3. The number of halogens is 3. The molecule has 0 radical (unpaired) electrons. The number of hydrogen-bond donors (Lipinski definition) is 1. The summed E-state index contributed by atoms with van der Waals surface area (Å²) in [6, 6.07) is 11.9. The number of anilines is 1. The van der Waals surface area contributed by atoms with Crippen molar-refractivity contribution >= 4 is 63.3 Å². The lowest BCUT2D eigenvalue weighted by Crippen LogP contribution is -2.25. The zero-order valence-electron chi connectivity index (χ0n) is 28.1. The van der Waals surface area contributed by atoms with Gasteiger partial charge in [-0.3, -0.25) is 9.98 Å². The first-order valence-electron chi connectivity index (χ1n) is 14.2. The summed E-state index contributed by atoms with van der Waals surface area (Å²) in [6.45, 7) is 29.5. The van der Waals surface area contributed by atoms with Gasteiger partial charge in [0, 0.05) is 0 Å². The van der Waals surface area contributed by atoms with Crippen LogP contribution in [0.3, 0.4) is 0 Å². The van der Waals surface area contributed by atoms with Crippen LogP contribution in [0.25, 0.3) is 0 Å². The van der Waals surface area contributed by atoms with Crippen LogP contribution in [0.4, 0.5) is 17.1 Å². The Morgan fingerprint density at radius 1 is 0.524 bits per heavy atom. The molecule has 0 fully saturated rings. The van der Waals surface area contributed by atoms with Gasteiger partial charge in [-0.25, -0.2) is 0 Å². The molecule has 0 aliphatic carbocycles. The highest BCUT2D eigenvalue weighted by Gasteiger charge is 2.26. The molecule has 0 bridgehead atoms. The normalized spacial score (nSPS) is 12.3. The minimum Gasteiger partial charge on any atom is -0.397 e. The van der Waals surface area contributed by atoms with E-state index >= 15 is 0 Å². The second-order valence-corrected chi connectivity index (χ2v) is 14.4. The summed E-state index contributed by atoms with van der Waals surface area (Å²) in [7, 11) is 0. The maximum atomic E-state index is 6.34. The van der Waals surface area contributed by atoms with Gasteiger partial charge in [0.2, 0.25) is 0 Å². The highest BCUT2D eigenvalue weighted by Crippen LogP contribution is 2.36. The molecule has 0 heterocycles. The first kappa shape index (κ1) is 37.7. The molecule has 0 unspecified atom stereocenters. The average molecular weight is 631 g/mol. The molecule has 0 aromatic heterocycles. The molecule has 3 aromatic carbocycles. The lowest BCUT2D eigenvalue weighted by Gasteiger charge is -2.34. The first-order chi connectivity index (χ1) is 19.0. The van der Waals surface area contributed by atoms with E-state index < -0.39 is 0 Å². The van der Waals surface area contributed by atoms with Gasteiger partial charge < -0.3 is 5.73 Å². The highest BCUT2D eigenvalue weighted by molar-refractivity contribution is 6.42. The zero-order chi connectivity index (χ0) is 32.7. The summed E-state index contributed by atoms with van der Waals surface area (Å²) < 4.78 is 0. The summed E-state index contributed by atoms with van der Waals surface area (Å²) in [4.78, 5) is 9.37. The van der Waals surface area contributed by atoms with E-state index in [1.807, 2.05) is 79.7 Å². The third kappa shape index (κ3) is 11.4. The molecule has 3 nitrogen and oxygen atoms in total. The Bertz CT molecular complexity index is 1300. The molecule has 42 heavy (non-hydrogen) atoms. The molecule has 6 heteroatoms. The molecule has 0 aliphatic rings. The Balaban J connectivity index is 0.000000401. The third-order valence-corrected chi connectivity index (χ3v) is 8.50. The second-order valence-electron chi connectivity index (χ2n) is 13.2. The predicted octanol–water partition coefficient (Wildman–Crippen LogP) is 12.7. The van der Waals surface area contributed by atoms with Crippen molar-refractivity contribution in [2.75, 3.05) is 5.73 Å². The number of benzene rings is 3. The molecular formula is C36H50Cl3N3. The smallest absolute Gasteiger partial charge is 0.0849 e. The van der Waals surface area contributed by atoms with E-state index in [0.717, 1.165) is 56.2 Å². The van der Waals surface area contributed by atoms with E-state index in [9.17, 15) is 0 Å². The van der Waals surface area contributed by atoms with Crippen LogP contribution in [-0.4, -0.2) is 11.4 Å². The van der Waals surface area contributed by atoms with Crippen LogP contribution in [0.1, 0.15) is 88.8 Å². The fraction of sp³-hybridized carbons (Fsp3) is 0.444. The largest absolute Gasteiger partial charge is 0.397 e. The molecule has 0 aliphatic heterocycles. The van der Waals surface area contributed by atoms with Gasteiger partial charge in [0.1, 0.15) is 0 Å². The summed E-state index contributed by atoms with van der Waals surface area (Å²) in [6.07, 6.45) is 0. The van der Waals surface area contributed by atoms with Crippen LogP contribution in [0.2, 0.25) is 15.1 Å². The van der Waals surface area contributed by atoms with Gasteiger partial charge in [0.05, 0.1) is 43.6 Å². The lowest BCUT2D eigenvalue weighted by molar-refractivity contribution is 0.157. The van der Waals surface area contributed by atoms with Crippen LogP contribution in [0.5, 0.6) is 0 Å². The Hall–Kier alpha value is -2.33. The maximum Gasteiger partial charge on any atom is 0.0849 e. The van der Waals surface area contributed by atoms with Crippen molar-refractivity contribution in [3.05, 3.63) is 84.8 Å². The zero-order valence-corrected chi connectivity index (χ0v) is 30.3. The van der Waals surface area contributed by atoms with Crippen LogP contribution in [0, 0.1) is 52.4 Å².